The maximum atomic E-state index is 9.90. The van der Waals surface area contributed by atoms with Crippen LogP contribution in [0.1, 0.15) is 51.9 Å². The number of aliphatic hydroxyl groups is 1. The molecule has 0 aromatic heterocycles. The van der Waals surface area contributed by atoms with E-state index in [9.17, 15) is 5.11 Å². The number of rotatable bonds is 7. The normalized spacial score (nSPS) is 20.8. The Kier molecular flexibility index (Phi) is 8.67. The maximum Gasteiger partial charge on any atom is 0.0900 e. The van der Waals surface area contributed by atoms with Gasteiger partial charge in [-0.3, -0.25) is 0 Å². The number of likely N-dealkylation sites (tertiary alicyclic amines) is 1. The summed E-state index contributed by atoms with van der Waals surface area (Å²) < 4.78 is 5.46. The van der Waals surface area contributed by atoms with Crippen LogP contribution in [0.2, 0.25) is 0 Å². The highest BCUT2D eigenvalue weighted by molar-refractivity contribution is 4.67. The number of hydrogen-bond acceptors (Lipinski definition) is 3. The Labute approximate surface area is 106 Å². The second kappa shape index (κ2) is 9.86. The predicted octanol–water partition coefficient (Wildman–Crippen LogP) is 2.43. The molecule has 1 heterocycles. The van der Waals surface area contributed by atoms with E-state index < -0.39 is 0 Å². The number of β-amino-alcohol motifs (C(OH)–C–C–N with tert-alkyl or cyclic N) is 1. The molecular weight excluding hydrogens is 214 g/mol. The Bertz CT molecular complexity index is 168. The minimum Gasteiger partial charge on any atom is -0.389 e. The van der Waals surface area contributed by atoms with Gasteiger partial charge in [0.15, 0.2) is 0 Å². The molecule has 3 heteroatoms. The van der Waals surface area contributed by atoms with Gasteiger partial charge in [0, 0.05) is 13.2 Å². The van der Waals surface area contributed by atoms with Gasteiger partial charge in [-0.25, -0.2) is 0 Å². The molecule has 1 aliphatic rings. The Hall–Kier alpha value is -0.120. The van der Waals surface area contributed by atoms with E-state index in [1.54, 1.807) is 0 Å². The van der Waals surface area contributed by atoms with Crippen LogP contribution in [0, 0.1) is 0 Å². The maximum absolute atomic E-state index is 9.90. The lowest BCUT2D eigenvalue weighted by Gasteiger charge is -2.26. The molecule has 1 aliphatic heterocycles. The second-order valence-electron chi connectivity index (χ2n) is 5.15. The summed E-state index contributed by atoms with van der Waals surface area (Å²) in [6.45, 7) is 6.51. The van der Waals surface area contributed by atoms with Crippen molar-refractivity contribution in [2.45, 2.75) is 58.0 Å². The van der Waals surface area contributed by atoms with Gasteiger partial charge >= 0.3 is 0 Å². The van der Waals surface area contributed by atoms with E-state index in [4.69, 9.17) is 4.74 Å². The molecule has 0 amide bonds. The van der Waals surface area contributed by atoms with E-state index in [-0.39, 0.29) is 6.10 Å². The zero-order valence-corrected chi connectivity index (χ0v) is 11.4. The Morgan fingerprint density at radius 2 is 1.76 bits per heavy atom. The summed E-state index contributed by atoms with van der Waals surface area (Å²) in [4.78, 5) is 2.40. The average Bonchev–Trinajstić information content (AvgIpc) is 2.28. The third kappa shape index (κ3) is 7.74. The smallest absolute Gasteiger partial charge is 0.0900 e. The van der Waals surface area contributed by atoms with Crippen molar-refractivity contribution in [2.24, 2.45) is 0 Å². The molecule has 1 N–H and O–H groups in total. The average molecular weight is 243 g/mol. The molecule has 0 radical (unpaired) electrons. The second-order valence-corrected chi connectivity index (χ2v) is 5.15. The van der Waals surface area contributed by atoms with Crippen LogP contribution in [0.15, 0.2) is 0 Å². The summed E-state index contributed by atoms with van der Waals surface area (Å²) in [6, 6.07) is 0. The molecule has 0 aromatic rings. The van der Waals surface area contributed by atoms with Gasteiger partial charge in [0.2, 0.25) is 0 Å². The molecule has 1 unspecified atom stereocenters. The van der Waals surface area contributed by atoms with Gasteiger partial charge in [0.25, 0.3) is 0 Å². The predicted molar refractivity (Wildman–Crippen MR) is 71.3 cm³/mol. The number of aliphatic hydroxyl groups excluding tert-OH is 1. The van der Waals surface area contributed by atoms with Gasteiger partial charge in [-0.2, -0.15) is 0 Å². The van der Waals surface area contributed by atoms with E-state index in [2.05, 4.69) is 11.8 Å². The lowest BCUT2D eigenvalue weighted by Crippen LogP contribution is -2.36. The van der Waals surface area contributed by atoms with Crippen LogP contribution in [0.4, 0.5) is 0 Å². The number of ether oxygens (including phenoxy) is 1. The first-order valence-corrected chi connectivity index (χ1v) is 7.31. The van der Waals surface area contributed by atoms with Gasteiger partial charge < -0.3 is 14.7 Å². The first-order chi connectivity index (χ1) is 8.33. The fourth-order valence-corrected chi connectivity index (χ4v) is 2.31. The van der Waals surface area contributed by atoms with Crippen molar-refractivity contribution in [1.29, 1.82) is 0 Å². The zero-order chi connectivity index (χ0) is 12.3. The number of nitrogens with zero attached hydrogens (tertiary/aromatic N) is 1. The Morgan fingerprint density at radius 1 is 1.12 bits per heavy atom. The van der Waals surface area contributed by atoms with Crippen LogP contribution < -0.4 is 0 Å². The molecule has 17 heavy (non-hydrogen) atoms. The van der Waals surface area contributed by atoms with Gasteiger partial charge in [-0.15, -0.1) is 0 Å². The van der Waals surface area contributed by atoms with Crippen molar-refractivity contribution in [3.63, 3.8) is 0 Å². The number of unbranched alkanes of at least 4 members (excludes halogenated alkanes) is 1. The fraction of sp³-hybridized carbons (Fsp3) is 1.00. The van der Waals surface area contributed by atoms with E-state index in [0.717, 1.165) is 39.1 Å². The minimum absolute atomic E-state index is 0.314. The Morgan fingerprint density at radius 3 is 2.41 bits per heavy atom. The van der Waals surface area contributed by atoms with Crippen LogP contribution >= 0.6 is 0 Å². The summed E-state index contributed by atoms with van der Waals surface area (Å²) in [5.74, 6) is 0. The topological polar surface area (TPSA) is 32.7 Å². The molecule has 1 saturated heterocycles. The lowest BCUT2D eigenvalue weighted by molar-refractivity contribution is 0.0146. The van der Waals surface area contributed by atoms with Crippen molar-refractivity contribution in [3.8, 4) is 0 Å². The first-order valence-electron chi connectivity index (χ1n) is 7.31. The van der Waals surface area contributed by atoms with Crippen LogP contribution in [-0.2, 0) is 4.74 Å². The molecule has 0 bridgehead atoms. The van der Waals surface area contributed by atoms with Crippen LogP contribution in [0.25, 0.3) is 0 Å². The quantitative estimate of drug-likeness (QED) is 0.697. The largest absolute Gasteiger partial charge is 0.389 e. The van der Waals surface area contributed by atoms with Crippen molar-refractivity contribution in [1.82, 2.24) is 4.90 Å². The Balaban J connectivity index is 2.08. The van der Waals surface area contributed by atoms with E-state index in [1.165, 1.54) is 32.1 Å². The van der Waals surface area contributed by atoms with Crippen LogP contribution in [0.3, 0.4) is 0 Å². The van der Waals surface area contributed by atoms with Crippen molar-refractivity contribution >= 4 is 0 Å². The molecule has 1 fully saturated rings. The van der Waals surface area contributed by atoms with Crippen molar-refractivity contribution in [3.05, 3.63) is 0 Å². The number of hydrogen-bond donors (Lipinski definition) is 1. The lowest BCUT2D eigenvalue weighted by atomic mass is 10.1. The van der Waals surface area contributed by atoms with E-state index >= 15 is 0 Å². The zero-order valence-electron chi connectivity index (χ0n) is 11.4. The molecule has 1 rings (SSSR count). The van der Waals surface area contributed by atoms with Gasteiger partial charge in [-0.05, 0) is 32.4 Å². The summed E-state index contributed by atoms with van der Waals surface area (Å²) in [6.07, 6.45) is 8.58. The van der Waals surface area contributed by atoms with Gasteiger partial charge in [0.1, 0.15) is 0 Å². The molecule has 0 aromatic carbocycles. The molecule has 0 aliphatic carbocycles. The highest BCUT2D eigenvalue weighted by Gasteiger charge is 2.12. The highest BCUT2D eigenvalue weighted by Crippen LogP contribution is 2.10. The molecule has 0 saturated carbocycles. The molecule has 102 valence electrons. The summed E-state index contributed by atoms with van der Waals surface area (Å²) in [5.41, 5.74) is 0. The highest BCUT2D eigenvalue weighted by atomic mass is 16.5. The van der Waals surface area contributed by atoms with Crippen molar-refractivity contribution < 1.29 is 9.84 Å². The summed E-state index contributed by atoms with van der Waals surface area (Å²) in [5, 5.41) is 9.90. The third-order valence-electron chi connectivity index (χ3n) is 3.37. The first kappa shape index (κ1) is 14.9. The van der Waals surface area contributed by atoms with Crippen LogP contribution in [0.5, 0.6) is 0 Å². The van der Waals surface area contributed by atoms with Crippen molar-refractivity contribution in [2.75, 3.05) is 32.8 Å². The molecular formula is C14H29NO2. The van der Waals surface area contributed by atoms with E-state index in [0.29, 0.717) is 6.61 Å². The molecule has 0 spiro atoms. The third-order valence-corrected chi connectivity index (χ3v) is 3.37. The van der Waals surface area contributed by atoms with E-state index in [1.807, 2.05) is 0 Å². The summed E-state index contributed by atoms with van der Waals surface area (Å²) in [7, 11) is 0. The van der Waals surface area contributed by atoms with Gasteiger partial charge in [-0.1, -0.05) is 32.6 Å². The monoisotopic (exact) mass is 243 g/mol. The van der Waals surface area contributed by atoms with Gasteiger partial charge in [0.05, 0.1) is 12.7 Å². The summed E-state index contributed by atoms with van der Waals surface area (Å²) >= 11 is 0. The van der Waals surface area contributed by atoms with Crippen LogP contribution in [-0.4, -0.2) is 49.0 Å². The standard InChI is InChI=1S/C14H29NO2/c1-2-3-11-17-13-14(16)12-15-9-7-5-4-6-8-10-15/h14,16H,2-13H2,1H3. The molecule has 3 nitrogen and oxygen atoms in total. The molecule has 1 atom stereocenters. The fourth-order valence-electron chi connectivity index (χ4n) is 2.31. The minimum atomic E-state index is -0.314. The SMILES string of the molecule is CCCCOCC(O)CN1CCCCCCC1.